The summed E-state index contributed by atoms with van der Waals surface area (Å²) in [5.41, 5.74) is 8.62. The molecular formula is C10H14NOPrRb. The maximum Gasteiger partial charge on any atom is 1.00 e. The van der Waals surface area contributed by atoms with Gasteiger partial charge in [0, 0.05) is 47.4 Å². The molecule has 1 rings (SSSR count). The number of hydrogen-bond donors (Lipinski definition) is 1. The van der Waals surface area contributed by atoms with Gasteiger partial charge in [-0.3, -0.25) is 0 Å². The van der Waals surface area contributed by atoms with Crippen LogP contribution in [0.5, 0.6) is 0 Å². The summed E-state index contributed by atoms with van der Waals surface area (Å²) < 4.78 is 0. The first kappa shape index (κ1) is 18.7. The fourth-order valence-corrected chi connectivity index (χ4v) is 1.04. The Hall–Kier alpha value is 2.31. The van der Waals surface area contributed by atoms with Gasteiger partial charge in [0.25, 0.3) is 0 Å². The van der Waals surface area contributed by atoms with Crippen LogP contribution in [0.15, 0.2) is 30.3 Å². The molecule has 1 radical (unpaired) electrons. The summed E-state index contributed by atoms with van der Waals surface area (Å²) in [4.78, 5) is 0. The van der Waals surface area contributed by atoms with Gasteiger partial charge in [-0.1, -0.05) is 30.3 Å². The molecular weight excluding hydrogens is 376 g/mol. The quantitative estimate of drug-likeness (QED) is 0.710. The van der Waals surface area contributed by atoms with Crippen molar-refractivity contribution in [3.63, 3.8) is 0 Å². The minimum atomic E-state index is -0.551. The van der Waals surface area contributed by atoms with E-state index in [0.29, 0.717) is 6.42 Å². The fourth-order valence-electron chi connectivity index (χ4n) is 1.04. The normalized spacial score (nSPS) is 13.4. The number of hydrogen-bond acceptors (Lipinski definition) is 1. The Labute approximate surface area is 168 Å². The Kier molecular flexibility index (Phi) is 14.0. The molecule has 14 heavy (non-hydrogen) atoms. The summed E-state index contributed by atoms with van der Waals surface area (Å²) >= 11 is 0. The van der Waals surface area contributed by atoms with Crippen molar-refractivity contribution < 1.29 is 105 Å². The van der Waals surface area contributed by atoms with Crippen molar-refractivity contribution in [2.24, 2.45) is 0 Å². The minimum absolute atomic E-state index is 0. The van der Waals surface area contributed by atoms with Crippen LogP contribution in [0.2, 0.25) is 0 Å². The van der Waals surface area contributed by atoms with Crippen molar-refractivity contribution in [1.29, 1.82) is 0 Å². The van der Waals surface area contributed by atoms with Crippen molar-refractivity contribution in [3.8, 4) is 0 Å². The van der Waals surface area contributed by atoms with E-state index >= 15 is 0 Å². The fraction of sp³-hybridized carbons (Fsp3) is 0.400. The molecule has 0 aliphatic rings. The Morgan fingerprint density at radius 3 is 2.21 bits per heavy atom. The van der Waals surface area contributed by atoms with Crippen LogP contribution in [0, 0.1) is 41.3 Å². The molecule has 0 fully saturated rings. The molecule has 1 aromatic rings. The molecule has 2 atom stereocenters. The maximum atomic E-state index is 9.09. The van der Waals surface area contributed by atoms with Crippen molar-refractivity contribution in [1.82, 2.24) is 0 Å². The summed E-state index contributed by atoms with van der Waals surface area (Å²) in [5.74, 6) is 0. The third-order valence-electron chi connectivity index (χ3n) is 1.88. The van der Waals surface area contributed by atoms with Gasteiger partial charge in [-0.05, 0) is 18.9 Å². The van der Waals surface area contributed by atoms with Crippen molar-refractivity contribution >= 4 is 0 Å². The molecule has 0 bridgehead atoms. The minimum Gasteiger partial charge on any atom is -0.672 e. The van der Waals surface area contributed by atoms with E-state index in [-0.39, 0.29) is 99.5 Å². The second-order valence-corrected chi connectivity index (χ2v) is 3.04. The molecule has 69 valence electrons. The molecule has 0 aliphatic carbocycles. The van der Waals surface area contributed by atoms with E-state index in [1.807, 2.05) is 30.3 Å². The molecule has 0 aromatic heterocycles. The average molecular weight is 391 g/mol. The third kappa shape index (κ3) is 7.56. The molecule has 0 saturated carbocycles. The summed E-state index contributed by atoms with van der Waals surface area (Å²) in [5, 5.41) is 9.09. The van der Waals surface area contributed by atoms with Crippen molar-refractivity contribution in [2.45, 2.75) is 25.5 Å². The Bertz CT molecular complexity index is 231. The first-order valence-corrected chi connectivity index (χ1v) is 4.13. The number of rotatable bonds is 3. The van der Waals surface area contributed by atoms with E-state index in [4.69, 9.17) is 10.8 Å². The molecule has 2 N–H and O–H groups in total. The van der Waals surface area contributed by atoms with Crippen LogP contribution < -0.4 is 58.2 Å². The smallest absolute Gasteiger partial charge is 0.672 e. The molecule has 0 saturated heterocycles. The summed E-state index contributed by atoms with van der Waals surface area (Å²) in [6.45, 7) is 1.65. The Morgan fingerprint density at radius 1 is 1.29 bits per heavy atom. The molecule has 0 amide bonds. The van der Waals surface area contributed by atoms with Gasteiger partial charge in [0.15, 0.2) is 0 Å². The van der Waals surface area contributed by atoms with Crippen molar-refractivity contribution in [2.75, 3.05) is 0 Å². The molecule has 0 aliphatic heterocycles. The predicted octanol–water partition coefficient (Wildman–Crippen LogP) is -0.965. The van der Waals surface area contributed by atoms with Crippen LogP contribution in [-0.2, 0) is 6.42 Å². The molecule has 0 spiro atoms. The monoisotopic (exact) mass is 390 g/mol. The van der Waals surface area contributed by atoms with Crippen LogP contribution in [0.3, 0.4) is 0 Å². The van der Waals surface area contributed by atoms with Crippen molar-refractivity contribution in [3.05, 3.63) is 41.6 Å². The van der Waals surface area contributed by atoms with Gasteiger partial charge in [0.1, 0.15) is 0 Å². The number of nitrogens with one attached hydrogen (secondary N) is 1. The zero-order chi connectivity index (χ0) is 8.97. The average Bonchev–Trinajstić information content (AvgIpc) is 2.06. The second kappa shape index (κ2) is 10.5. The van der Waals surface area contributed by atoms with Crippen LogP contribution in [-0.4, -0.2) is 17.3 Å². The van der Waals surface area contributed by atoms with E-state index in [1.165, 1.54) is 0 Å². The number of aliphatic hydroxyl groups is 1. The number of benzene rings is 1. The van der Waals surface area contributed by atoms with Crippen LogP contribution >= 0.6 is 0 Å². The van der Waals surface area contributed by atoms with E-state index in [0.717, 1.165) is 5.56 Å². The Morgan fingerprint density at radius 2 is 1.79 bits per heavy atom. The van der Waals surface area contributed by atoms with E-state index < -0.39 is 12.1 Å². The molecule has 1 aromatic carbocycles. The second-order valence-electron chi connectivity index (χ2n) is 3.04. The third-order valence-corrected chi connectivity index (χ3v) is 1.88. The van der Waals surface area contributed by atoms with Gasteiger partial charge in [-0.25, -0.2) is 0 Å². The van der Waals surface area contributed by atoms with Gasteiger partial charge >= 0.3 is 58.2 Å². The maximum absolute atomic E-state index is 9.09. The standard InChI is InChI=1S/C10H14NO.Pr.Rb/c1-8(12)10(11)7-9-5-3-2-4-6-9;;/h2-6,8,10-12H,7H2,1H3;;/q-1;;+1. The first-order chi connectivity index (χ1) is 5.70. The van der Waals surface area contributed by atoms with Crippen LogP contribution in [0.25, 0.3) is 5.73 Å². The van der Waals surface area contributed by atoms with Crippen LogP contribution in [0.4, 0.5) is 0 Å². The van der Waals surface area contributed by atoms with E-state index in [9.17, 15) is 0 Å². The van der Waals surface area contributed by atoms with E-state index in [2.05, 4.69) is 0 Å². The van der Waals surface area contributed by atoms with Gasteiger partial charge in [-0.2, -0.15) is 0 Å². The molecule has 0 heterocycles. The van der Waals surface area contributed by atoms with Gasteiger partial charge in [-0.15, -0.1) is 6.04 Å². The van der Waals surface area contributed by atoms with Gasteiger partial charge < -0.3 is 10.8 Å². The SMILES string of the molecule is CC(O)C([NH-])Cc1ccccc1.[Pr].[Rb+]. The van der Waals surface area contributed by atoms with E-state index in [1.54, 1.807) is 6.92 Å². The van der Waals surface area contributed by atoms with Gasteiger partial charge in [0.05, 0.1) is 0 Å². The topological polar surface area (TPSA) is 44.0 Å². The molecule has 2 nitrogen and oxygen atoms in total. The number of aliphatic hydroxyl groups excluding tert-OH is 1. The summed E-state index contributed by atoms with van der Waals surface area (Å²) in [6.07, 6.45) is 0.0728. The first-order valence-electron chi connectivity index (χ1n) is 4.13. The zero-order valence-electron chi connectivity index (χ0n) is 8.77. The largest absolute Gasteiger partial charge is 1.00 e. The zero-order valence-corrected chi connectivity index (χ0v) is 17.4. The summed E-state index contributed by atoms with van der Waals surface area (Å²) in [7, 11) is 0. The predicted molar refractivity (Wildman–Crippen MR) is 49.9 cm³/mol. The van der Waals surface area contributed by atoms with Gasteiger partial charge in [0.2, 0.25) is 0 Å². The molecule has 2 unspecified atom stereocenters. The Balaban J connectivity index is 0. The summed E-state index contributed by atoms with van der Waals surface area (Å²) in [6, 6.07) is 9.39. The van der Waals surface area contributed by atoms with Crippen LogP contribution in [0.1, 0.15) is 12.5 Å². The molecule has 4 heteroatoms.